The molecule has 0 aromatic rings. The molecule has 0 aromatic heterocycles. The molecule has 0 heterocycles. The minimum atomic E-state index is -0.978. The molecule has 0 fully saturated rings. The number of carboxylic acid groups (broad SMARTS) is 2. The Morgan fingerprint density at radius 2 is 1.67 bits per heavy atom. The van der Waals surface area contributed by atoms with Crippen molar-refractivity contribution in [2.75, 3.05) is 26.2 Å². The van der Waals surface area contributed by atoms with E-state index < -0.39 is 11.9 Å². The smallest absolute Gasteiger partial charge is 0.652 e. The number of rotatable bonds is 7. The van der Waals surface area contributed by atoms with Gasteiger partial charge in [-0.2, -0.15) is 0 Å². The maximum Gasteiger partial charge on any atom is 1.00 e. The van der Waals surface area contributed by atoms with Crippen molar-refractivity contribution < 1.29 is 123 Å². The molecule has 0 saturated carbocycles. The van der Waals surface area contributed by atoms with Gasteiger partial charge >= 0.3 is 109 Å². The molecule has 78 valence electrons. The van der Waals surface area contributed by atoms with Crippen LogP contribution in [0.5, 0.6) is 0 Å². The van der Waals surface area contributed by atoms with Gasteiger partial charge in [0.05, 0.1) is 6.54 Å². The molecule has 0 rings (SSSR count). The van der Waals surface area contributed by atoms with Crippen LogP contribution in [-0.4, -0.2) is 48.3 Å². The standard InChI is InChI=1S/C6H11N2O4.CH3.2K/c9-5(10)3-7-1-2-8-4-6(11)12;;;/h7H,1-4H2,(H,9,10)(H,11,12);1H3;;/q2*-1;2*+1. The predicted molar refractivity (Wildman–Crippen MR) is 47.6 cm³/mol. The van der Waals surface area contributed by atoms with Crippen molar-refractivity contribution in [3.8, 4) is 0 Å². The number of hydrogen-bond acceptors (Lipinski definition) is 3. The summed E-state index contributed by atoms with van der Waals surface area (Å²) in [7, 11) is 0. The number of hydrogen-bond donors (Lipinski definition) is 3. The Labute approximate surface area is 175 Å². The number of carbonyl (C=O) groups is 2. The van der Waals surface area contributed by atoms with Crippen molar-refractivity contribution >= 4 is 11.9 Å². The van der Waals surface area contributed by atoms with Crippen molar-refractivity contribution in [3.63, 3.8) is 0 Å². The van der Waals surface area contributed by atoms with Gasteiger partial charge in [-0.3, -0.25) is 9.59 Å². The minimum Gasteiger partial charge on any atom is -0.652 e. The number of aliphatic carboxylic acids is 2. The first-order valence-corrected chi connectivity index (χ1v) is 3.40. The SMILES string of the molecule is O=C(O)C[N-]CCNCC(=O)O.[CH3-].[K+].[K+]. The second-order valence-corrected chi connectivity index (χ2v) is 2.07. The molecule has 0 aliphatic carbocycles. The van der Waals surface area contributed by atoms with Crippen molar-refractivity contribution in [1.82, 2.24) is 5.32 Å². The van der Waals surface area contributed by atoms with Crippen LogP contribution in [0.3, 0.4) is 0 Å². The molecule has 0 aromatic carbocycles. The molecule has 0 unspecified atom stereocenters. The second-order valence-electron chi connectivity index (χ2n) is 2.07. The first-order valence-electron chi connectivity index (χ1n) is 3.40. The number of carboxylic acids is 2. The molecule has 0 atom stereocenters. The van der Waals surface area contributed by atoms with Gasteiger partial charge < -0.3 is 28.3 Å². The van der Waals surface area contributed by atoms with Gasteiger partial charge in [0.15, 0.2) is 0 Å². The maximum absolute atomic E-state index is 9.95. The van der Waals surface area contributed by atoms with Gasteiger partial charge in [-0.15, -0.1) is 6.54 Å². The third-order valence-corrected chi connectivity index (χ3v) is 0.970. The first-order chi connectivity index (χ1) is 5.63. The van der Waals surface area contributed by atoms with Gasteiger partial charge in [-0.05, 0) is 13.1 Å². The summed E-state index contributed by atoms with van der Waals surface area (Å²) in [5, 5.41) is 22.5. The van der Waals surface area contributed by atoms with Crippen LogP contribution >= 0.6 is 0 Å². The molecule has 0 aliphatic rings. The molecule has 0 amide bonds. The van der Waals surface area contributed by atoms with E-state index in [2.05, 4.69) is 10.6 Å². The number of nitrogens with zero attached hydrogens (tertiary/aromatic N) is 1. The van der Waals surface area contributed by atoms with E-state index >= 15 is 0 Å². The Morgan fingerprint density at radius 1 is 1.13 bits per heavy atom. The second kappa shape index (κ2) is 18.5. The summed E-state index contributed by atoms with van der Waals surface area (Å²) < 4.78 is 0. The molecule has 0 bridgehead atoms. The first kappa shape index (κ1) is 25.9. The molecular weight excluding hydrogens is 254 g/mol. The zero-order valence-corrected chi connectivity index (χ0v) is 15.7. The Morgan fingerprint density at radius 3 is 2.07 bits per heavy atom. The molecule has 3 N–H and O–H groups in total. The van der Waals surface area contributed by atoms with Crippen LogP contribution in [0.15, 0.2) is 0 Å². The van der Waals surface area contributed by atoms with E-state index in [9.17, 15) is 9.59 Å². The largest absolute Gasteiger partial charge is 1.00 e. The molecular formula is C7H14K2N2O4. The summed E-state index contributed by atoms with van der Waals surface area (Å²) in [6.07, 6.45) is 0. The third kappa shape index (κ3) is 26.0. The summed E-state index contributed by atoms with van der Waals surface area (Å²) >= 11 is 0. The van der Waals surface area contributed by atoms with Crippen LogP contribution in [-0.2, 0) is 9.59 Å². The quantitative estimate of drug-likeness (QED) is 0.242. The van der Waals surface area contributed by atoms with Crippen LogP contribution in [0, 0.1) is 7.43 Å². The average molecular weight is 268 g/mol. The van der Waals surface area contributed by atoms with Crippen LogP contribution in [0.2, 0.25) is 0 Å². The third-order valence-electron chi connectivity index (χ3n) is 0.970. The Balaban J connectivity index is -0.000000202. The molecule has 0 spiro atoms. The minimum absolute atomic E-state index is 0. The van der Waals surface area contributed by atoms with E-state index in [-0.39, 0.29) is 123 Å². The fraction of sp³-hybridized carbons (Fsp3) is 0.571. The summed E-state index contributed by atoms with van der Waals surface area (Å²) in [5.74, 6) is -1.92. The summed E-state index contributed by atoms with van der Waals surface area (Å²) in [6, 6.07) is 0. The van der Waals surface area contributed by atoms with Gasteiger partial charge in [-0.1, -0.05) is 0 Å². The molecule has 0 saturated heterocycles. The van der Waals surface area contributed by atoms with Gasteiger partial charge in [0.25, 0.3) is 5.97 Å². The molecule has 15 heavy (non-hydrogen) atoms. The Kier molecular flexibility index (Phi) is 31.9. The van der Waals surface area contributed by atoms with E-state index in [1.807, 2.05) is 0 Å². The molecule has 0 aliphatic heterocycles. The summed E-state index contributed by atoms with van der Waals surface area (Å²) in [6.45, 7) is 0.358. The van der Waals surface area contributed by atoms with Gasteiger partial charge in [0, 0.05) is 0 Å². The summed E-state index contributed by atoms with van der Waals surface area (Å²) in [4.78, 5) is 19.9. The fourth-order valence-electron chi connectivity index (χ4n) is 0.528. The molecule has 6 nitrogen and oxygen atoms in total. The van der Waals surface area contributed by atoms with E-state index in [1.165, 1.54) is 0 Å². The fourth-order valence-corrected chi connectivity index (χ4v) is 0.528. The zero-order valence-electron chi connectivity index (χ0n) is 9.49. The van der Waals surface area contributed by atoms with E-state index in [0.29, 0.717) is 13.1 Å². The predicted octanol–water partition coefficient (Wildman–Crippen LogP) is -6.42. The van der Waals surface area contributed by atoms with Crippen molar-refractivity contribution in [2.24, 2.45) is 0 Å². The Hall–Kier alpha value is 2.13. The Bertz CT molecular complexity index is 151. The van der Waals surface area contributed by atoms with E-state index in [4.69, 9.17) is 10.2 Å². The van der Waals surface area contributed by atoms with Gasteiger partial charge in [0.2, 0.25) is 0 Å². The van der Waals surface area contributed by atoms with Crippen molar-refractivity contribution in [2.45, 2.75) is 0 Å². The van der Waals surface area contributed by atoms with Crippen LogP contribution in [0.4, 0.5) is 0 Å². The normalized spacial score (nSPS) is 7.73. The van der Waals surface area contributed by atoms with E-state index in [0.717, 1.165) is 0 Å². The topological polar surface area (TPSA) is 101 Å². The van der Waals surface area contributed by atoms with Crippen LogP contribution < -0.4 is 108 Å². The molecule has 0 radical (unpaired) electrons. The van der Waals surface area contributed by atoms with Crippen molar-refractivity contribution in [1.29, 1.82) is 0 Å². The van der Waals surface area contributed by atoms with Crippen LogP contribution in [0.1, 0.15) is 0 Å². The van der Waals surface area contributed by atoms with Gasteiger partial charge in [-0.25, -0.2) is 0 Å². The summed E-state index contributed by atoms with van der Waals surface area (Å²) in [5.41, 5.74) is 0. The maximum atomic E-state index is 9.95. The van der Waals surface area contributed by atoms with Crippen LogP contribution in [0.25, 0.3) is 5.32 Å². The average Bonchev–Trinajstić information content (AvgIpc) is 1.95. The monoisotopic (exact) mass is 268 g/mol. The number of nitrogens with one attached hydrogen (secondary N) is 1. The van der Waals surface area contributed by atoms with E-state index in [1.54, 1.807) is 0 Å². The molecule has 8 heteroatoms. The van der Waals surface area contributed by atoms with Crippen molar-refractivity contribution in [3.05, 3.63) is 12.7 Å². The zero-order chi connectivity index (χ0) is 9.40. The van der Waals surface area contributed by atoms with Gasteiger partial charge in [0.1, 0.15) is 0 Å².